The zero-order chi connectivity index (χ0) is 13.6. The standard InChI is InChI=1S/C15H18BrClN2/c1-9(17)15-18-13-8-12(16)6-7-14(13)19(15)10(2)11-4-3-5-11/h6-11H,3-5H2,1-2H3. The van der Waals surface area contributed by atoms with Gasteiger partial charge in [-0.1, -0.05) is 22.4 Å². The Balaban J connectivity index is 2.15. The fourth-order valence-corrected chi connectivity index (χ4v) is 3.44. The van der Waals surface area contributed by atoms with Crippen molar-refractivity contribution >= 4 is 38.6 Å². The van der Waals surface area contributed by atoms with Crippen molar-refractivity contribution in [3.63, 3.8) is 0 Å². The smallest absolute Gasteiger partial charge is 0.127 e. The molecule has 0 N–H and O–H groups in total. The van der Waals surface area contributed by atoms with Crippen LogP contribution in [0.3, 0.4) is 0 Å². The van der Waals surface area contributed by atoms with Crippen molar-refractivity contribution in [1.82, 2.24) is 9.55 Å². The van der Waals surface area contributed by atoms with E-state index in [1.807, 2.05) is 6.92 Å². The number of halogens is 2. The highest BCUT2D eigenvalue weighted by Gasteiger charge is 2.28. The van der Waals surface area contributed by atoms with Crippen LogP contribution in [0.25, 0.3) is 11.0 Å². The first-order valence-electron chi connectivity index (χ1n) is 6.89. The molecular weight excluding hydrogens is 324 g/mol. The average Bonchev–Trinajstić information content (AvgIpc) is 2.64. The molecule has 1 heterocycles. The number of benzene rings is 1. The van der Waals surface area contributed by atoms with Crippen molar-refractivity contribution in [3.05, 3.63) is 28.5 Å². The molecule has 19 heavy (non-hydrogen) atoms. The summed E-state index contributed by atoms with van der Waals surface area (Å²) in [5, 5.41) is -0.0614. The first-order valence-corrected chi connectivity index (χ1v) is 8.12. The third-order valence-corrected chi connectivity index (χ3v) is 4.96. The van der Waals surface area contributed by atoms with E-state index in [-0.39, 0.29) is 5.38 Å². The summed E-state index contributed by atoms with van der Waals surface area (Å²) in [6.45, 7) is 4.30. The van der Waals surface area contributed by atoms with Gasteiger partial charge in [-0.05, 0) is 50.8 Å². The summed E-state index contributed by atoms with van der Waals surface area (Å²) in [6.07, 6.45) is 4.01. The Hall–Kier alpha value is -0.540. The number of alkyl halides is 1. The van der Waals surface area contributed by atoms with Crippen LogP contribution in [-0.4, -0.2) is 9.55 Å². The lowest BCUT2D eigenvalue weighted by molar-refractivity contribution is 0.223. The first kappa shape index (κ1) is 13.4. The van der Waals surface area contributed by atoms with Crippen LogP contribution < -0.4 is 0 Å². The van der Waals surface area contributed by atoms with Crippen LogP contribution in [0.1, 0.15) is 50.4 Å². The van der Waals surface area contributed by atoms with E-state index in [2.05, 4.69) is 45.6 Å². The Morgan fingerprint density at radius 3 is 2.68 bits per heavy atom. The fraction of sp³-hybridized carbons (Fsp3) is 0.533. The predicted molar refractivity (Wildman–Crippen MR) is 83.8 cm³/mol. The summed E-state index contributed by atoms with van der Waals surface area (Å²) < 4.78 is 3.42. The van der Waals surface area contributed by atoms with Crippen LogP contribution in [-0.2, 0) is 0 Å². The van der Waals surface area contributed by atoms with Gasteiger partial charge >= 0.3 is 0 Å². The van der Waals surface area contributed by atoms with Crippen molar-refractivity contribution in [1.29, 1.82) is 0 Å². The summed E-state index contributed by atoms with van der Waals surface area (Å²) >= 11 is 9.85. The van der Waals surface area contributed by atoms with E-state index in [4.69, 9.17) is 16.6 Å². The van der Waals surface area contributed by atoms with E-state index < -0.39 is 0 Å². The van der Waals surface area contributed by atoms with Gasteiger partial charge in [-0.25, -0.2) is 4.98 Å². The molecule has 1 fully saturated rings. The number of rotatable bonds is 3. The minimum absolute atomic E-state index is 0.0614. The van der Waals surface area contributed by atoms with Crippen LogP contribution in [0.5, 0.6) is 0 Å². The summed E-state index contributed by atoms with van der Waals surface area (Å²) in [5.41, 5.74) is 2.23. The molecule has 2 unspecified atom stereocenters. The van der Waals surface area contributed by atoms with Gasteiger partial charge in [-0.3, -0.25) is 0 Å². The Morgan fingerprint density at radius 2 is 2.11 bits per heavy atom. The molecule has 4 heteroatoms. The minimum atomic E-state index is -0.0614. The molecule has 1 aromatic carbocycles. The quantitative estimate of drug-likeness (QED) is 0.678. The largest absolute Gasteiger partial charge is 0.324 e. The molecule has 2 aromatic rings. The molecule has 0 aliphatic heterocycles. The number of hydrogen-bond donors (Lipinski definition) is 0. The summed E-state index contributed by atoms with van der Waals surface area (Å²) in [7, 11) is 0. The molecule has 0 bridgehead atoms. The molecule has 1 aromatic heterocycles. The zero-order valence-corrected chi connectivity index (χ0v) is 13.6. The van der Waals surface area contributed by atoms with Gasteiger partial charge in [0.05, 0.1) is 16.4 Å². The lowest BCUT2D eigenvalue weighted by atomic mass is 9.80. The van der Waals surface area contributed by atoms with Gasteiger partial charge in [0.2, 0.25) is 0 Å². The lowest BCUT2D eigenvalue weighted by Gasteiger charge is -2.33. The molecule has 1 aliphatic carbocycles. The predicted octanol–water partition coefficient (Wildman–Crippen LogP) is 5.46. The molecular formula is C15H18BrClN2. The maximum absolute atomic E-state index is 6.33. The van der Waals surface area contributed by atoms with Crippen molar-refractivity contribution in [2.75, 3.05) is 0 Å². The van der Waals surface area contributed by atoms with Crippen LogP contribution >= 0.6 is 27.5 Å². The molecule has 1 saturated carbocycles. The van der Waals surface area contributed by atoms with Gasteiger partial charge in [-0.2, -0.15) is 0 Å². The Labute approximate surface area is 127 Å². The van der Waals surface area contributed by atoms with Crippen LogP contribution in [0.15, 0.2) is 22.7 Å². The van der Waals surface area contributed by atoms with E-state index in [0.717, 1.165) is 21.7 Å². The van der Waals surface area contributed by atoms with Crippen molar-refractivity contribution in [3.8, 4) is 0 Å². The van der Waals surface area contributed by atoms with Gasteiger partial charge in [-0.15, -0.1) is 11.6 Å². The number of nitrogens with zero attached hydrogens (tertiary/aromatic N) is 2. The number of imidazole rings is 1. The molecule has 1 aliphatic rings. The highest BCUT2D eigenvalue weighted by molar-refractivity contribution is 9.10. The molecule has 102 valence electrons. The summed E-state index contributed by atoms with van der Waals surface area (Å²) in [5.74, 6) is 1.77. The maximum Gasteiger partial charge on any atom is 0.127 e. The third-order valence-electron chi connectivity index (χ3n) is 4.27. The second kappa shape index (κ2) is 5.10. The number of aromatic nitrogens is 2. The normalized spacial score (nSPS) is 19.4. The van der Waals surface area contributed by atoms with E-state index in [0.29, 0.717) is 6.04 Å². The monoisotopic (exact) mass is 340 g/mol. The van der Waals surface area contributed by atoms with Crippen LogP contribution in [0.4, 0.5) is 0 Å². The minimum Gasteiger partial charge on any atom is -0.324 e. The van der Waals surface area contributed by atoms with Crippen molar-refractivity contribution in [2.24, 2.45) is 5.92 Å². The van der Waals surface area contributed by atoms with Gasteiger partial charge in [0, 0.05) is 10.5 Å². The topological polar surface area (TPSA) is 17.8 Å². The Kier molecular flexibility index (Phi) is 3.61. The third kappa shape index (κ3) is 2.31. The van der Waals surface area contributed by atoms with E-state index in [1.54, 1.807) is 0 Å². The average molecular weight is 342 g/mol. The fourth-order valence-electron chi connectivity index (χ4n) is 2.93. The molecule has 0 saturated heterocycles. The molecule has 2 atom stereocenters. The molecule has 0 amide bonds. The van der Waals surface area contributed by atoms with E-state index in [9.17, 15) is 0 Å². The Bertz CT molecular complexity index is 601. The van der Waals surface area contributed by atoms with Gasteiger partial charge in [0.15, 0.2) is 0 Å². The van der Waals surface area contributed by atoms with Gasteiger partial charge in [0.1, 0.15) is 5.82 Å². The van der Waals surface area contributed by atoms with Crippen molar-refractivity contribution < 1.29 is 0 Å². The SMILES string of the molecule is CC(Cl)c1nc2cc(Br)ccc2n1C(C)C1CCC1. The lowest BCUT2D eigenvalue weighted by Crippen LogP contribution is -2.24. The van der Waals surface area contributed by atoms with Crippen molar-refractivity contribution in [2.45, 2.75) is 44.5 Å². The molecule has 2 nitrogen and oxygen atoms in total. The molecule has 0 spiro atoms. The second-order valence-electron chi connectivity index (χ2n) is 5.52. The maximum atomic E-state index is 6.33. The number of hydrogen-bond acceptors (Lipinski definition) is 1. The van der Waals surface area contributed by atoms with E-state index in [1.165, 1.54) is 24.8 Å². The van der Waals surface area contributed by atoms with Crippen LogP contribution in [0, 0.1) is 5.92 Å². The Morgan fingerprint density at radius 1 is 1.37 bits per heavy atom. The highest BCUT2D eigenvalue weighted by Crippen LogP contribution is 2.40. The first-order chi connectivity index (χ1) is 9.08. The van der Waals surface area contributed by atoms with Gasteiger partial charge in [0.25, 0.3) is 0 Å². The molecule has 0 radical (unpaired) electrons. The number of fused-ring (bicyclic) bond motifs is 1. The van der Waals surface area contributed by atoms with Gasteiger partial charge < -0.3 is 4.57 Å². The summed E-state index contributed by atoms with van der Waals surface area (Å²) in [4.78, 5) is 4.74. The molecule has 3 rings (SSSR count). The summed E-state index contributed by atoms with van der Waals surface area (Å²) in [6, 6.07) is 6.78. The second-order valence-corrected chi connectivity index (χ2v) is 7.09. The highest BCUT2D eigenvalue weighted by atomic mass is 79.9. The zero-order valence-electron chi connectivity index (χ0n) is 11.2. The van der Waals surface area contributed by atoms with Crippen LogP contribution in [0.2, 0.25) is 0 Å². The van der Waals surface area contributed by atoms with E-state index >= 15 is 0 Å².